The average Bonchev–Trinajstić information content (AvgIpc) is 2.29. The van der Waals surface area contributed by atoms with E-state index in [1.54, 1.807) is 12.1 Å². The molecular formula is C14H18FNO. The highest BCUT2D eigenvalue weighted by Gasteiger charge is 2.20. The third-order valence-corrected chi connectivity index (χ3v) is 3.38. The lowest BCUT2D eigenvalue weighted by molar-refractivity contribution is -0.131. The van der Waals surface area contributed by atoms with Gasteiger partial charge in [0, 0.05) is 13.1 Å². The minimum absolute atomic E-state index is 0.113. The van der Waals surface area contributed by atoms with Gasteiger partial charge in [0.25, 0.3) is 0 Å². The topological polar surface area (TPSA) is 20.3 Å². The monoisotopic (exact) mass is 235 g/mol. The van der Waals surface area contributed by atoms with Crippen LogP contribution in [0.4, 0.5) is 4.39 Å². The maximum absolute atomic E-state index is 13.0. The van der Waals surface area contributed by atoms with Gasteiger partial charge in [0.15, 0.2) is 0 Å². The second kappa shape index (κ2) is 5.30. The van der Waals surface area contributed by atoms with Crippen molar-refractivity contribution in [3.05, 3.63) is 35.6 Å². The maximum Gasteiger partial charge on any atom is 0.226 e. The molecule has 1 fully saturated rings. The van der Waals surface area contributed by atoms with E-state index in [9.17, 15) is 9.18 Å². The summed E-state index contributed by atoms with van der Waals surface area (Å²) in [5.41, 5.74) is 0.758. The molecule has 0 radical (unpaired) electrons. The Hall–Kier alpha value is -1.38. The van der Waals surface area contributed by atoms with E-state index in [2.05, 4.69) is 6.92 Å². The van der Waals surface area contributed by atoms with E-state index < -0.39 is 0 Å². The van der Waals surface area contributed by atoms with Gasteiger partial charge in [-0.3, -0.25) is 4.79 Å². The van der Waals surface area contributed by atoms with Crippen molar-refractivity contribution in [1.29, 1.82) is 0 Å². The SMILES string of the molecule is CC1CCN(C(=O)Cc2cccc(F)c2)CC1. The van der Waals surface area contributed by atoms with Crippen LogP contribution >= 0.6 is 0 Å². The number of carbonyl (C=O) groups excluding carboxylic acids is 1. The fourth-order valence-corrected chi connectivity index (χ4v) is 2.19. The Kier molecular flexibility index (Phi) is 3.77. The number of nitrogens with zero attached hydrogens (tertiary/aromatic N) is 1. The van der Waals surface area contributed by atoms with Crippen LogP contribution in [0.15, 0.2) is 24.3 Å². The van der Waals surface area contributed by atoms with E-state index >= 15 is 0 Å². The van der Waals surface area contributed by atoms with Crippen molar-refractivity contribution < 1.29 is 9.18 Å². The lowest BCUT2D eigenvalue weighted by Gasteiger charge is -2.30. The summed E-state index contributed by atoms with van der Waals surface area (Å²) in [4.78, 5) is 13.9. The Labute approximate surface area is 101 Å². The van der Waals surface area contributed by atoms with Crippen molar-refractivity contribution in [1.82, 2.24) is 4.90 Å². The summed E-state index contributed by atoms with van der Waals surface area (Å²) in [6.07, 6.45) is 2.47. The third-order valence-electron chi connectivity index (χ3n) is 3.38. The zero-order valence-electron chi connectivity index (χ0n) is 10.2. The molecule has 0 aliphatic carbocycles. The molecule has 1 aromatic rings. The minimum Gasteiger partial charge on any atom is -0.342 e. The van der Waals surface area contributed by atoms with E-state index in [0.29, 0.717) is 12.3 Å². The molecule has 1 aliphatic rings. The van der Waals surface area contributed by atoms with E-state index in [4.69, 9.17) is 0 Å². The Morgan fingerprint density at radius 3 is 2.76 bits per heavy atom. The number of rotatable bonds is 2. The Morgan fingerprint density at radius 2 is 2.12 bits per heavy atom. The molecule has 1 saturated heterocycles. The fourth-order valence-electron chi connectivity index (χ4n) is 2.19. The second-order valence-electron chi connectivity index (χ2n) is 4.87. The fraction of sp³-hybridized carbons (Fsp3) is 0.500. The molecule has 0 aromatic heterocycles. The normalized spacial score (nSPS) is 17.2. The van der Waals surface area contributed by atoms with Crippen LogP contribution in [-0.2, 0) is 11.2 Å². The van der Waals surface area contributed by atoms with Crippen LogP contribution in [0.25, 0.3) is 0 Å². The first-order chi connectivity index (χ1) is 8.15. The molecule has 0 bridgehead atoms. The second-order valence-corrected chi connectivity index (χ2v) is 4.87. The first-order valence-electron chi connectivity index (χ1n) is 6.17. The number of hydrogen-bond acceptors (Lipinski definition) is 1. The molecule has 17 heavy (non-hydrogen) atoms. The lowest BCUT2D eigenvalue weighted by atomic mass is 9.98. The van der Waals surface area contributed by atoms with Gasteiger partial charge in [-0.25, -0.2) is 4.39 Å². The van der Waals surface area contributed by atoms with Crippen molar-refractivity contribution >= 4 is 5.91 Å². The molecule has 0 saturated carbocycles. The van der Waals surface area contributed by atoms with Crippen molar-refractivity contribution in [2.24, 2.45) is 5.92 Å². The molecule has 92 valence electrons. The molecule has 0 spiro atoms. The molecule has 3 heteroatoms. The quantitative estimate of drug-likeness (QED) is 0.771. The van der Waals surface area contributed by atoms with E-state index in [0.717, 1.165) is 31.5 Å². The van der Waals surface area contributed by atoms with Crippen LogP contribution in [0, 0.1) is 11.7 Å². The molecule has 1 aromatic carbocycles. The molecule has 2 nitrogen and oxygen atoms in total. The number of benzene rings is 1. The van der Waals surface area contributed by atoms with Gasteiger partial charge < -0.3 is 4.90 Å². The standard InChI is InChI=1S/C14H18FNO/c1-11-5-7-16(8-6-11)14(17)10-12-3-2-4-13(15)9-12/h2-4,9,11H,5-8,10H2,1H3. The van der Waals surface area contributed by atoms with Crippen LogP contribution in [0.5, 0.6) is 0 Å². The Morgan fingerprint density at radius 1 is 1.41 bits per heavy atom. The third kappa shape index (κ3) is 3.29. The summed E-state index contributed by atoms with van der Waals surface area (Å²) in [7, 11) is 0. The molecule has 1 aliphatic heterocycles. The van der Waals surface area contributed by atoms with Crippen molar-refractivity contribution in [3.63, 3.8) is 0 Å². The van der Waals surface area contributed by atoms with Crippen molar-refractivity contribution in [3.8, 4) is 0 Å². The van der Waals surface area contributed by atoms with E-state index in [1.807, 2.05) is 4.90 Å². The van der Waals surface area contributed by atoms with Gasteiger partial charge >= 0.3 is 0 Å². The predicted octanol–water partition coefficient (Wildman–Crippen LogP) is 2.63. The first kappa shape index (κ1) is 12.1. The average molecular weight is 235 g/mol. The van der Waals surface area contributed by atoms with Gasteiger partial charge in [0.2, 0.25) is 5.91 Å². The van der Waals surface area contributed by atoms with Crippen molar-refractivity contribution in [2.45, 2.75) is 26.2 Å². The number of likely N-dealkylation sites (tertiary alicyclic amines) is 1. The highest BCUT2D eigenvalue weighted by molar-refractivity contribution is 5.78. The van der Waals surface area contributed by atoms with E-state index in [1.165, 1.54) is 12.1 Å². The Balaban J connectivity index is 1.93. The maximum atomic E-state index is 13.0. The number of halogens is 1. The van der Waals surface area contributed by atoms with Crippen LogP contribution < -0.4 is 0 Å². The summed E-state index contributed by atoms with van der Waals surface area (Å²) in [5.74, 6) is 0.554. The minimum atomic E-state index is -0.275. The summed E-state index contributed by atoms with van der Waals surface area (Å²) >= 11 is 0. The number of carbonyl (C=O) groups is 1. The lowest BCUT2D eigenvalue weighted by Crippen LogP contribution is -2.38. The Bertz CT molecular complexity index is 397. The largest absolute Gasteiger partial charge is 0.342 e. The molecule has 2 rings (SSSR count). The first-order valence-corrected chi connectivity index (χ1v) is 6.17. The van der Waals surface area contributed by atoms with Crippen LogP contribution in [0.3, 0.4) is 0 Å². The van der Waals surface area contributed by atoms with Gasteiger partial charge in [-0.1, -0.05) is 19.1 Å². The van der Waals surface area contributed by atoms with Gasteiger partial charge in [-0.15, -0.1) is 0 Å². The predicted molar refractivity (Wildman–Crippen MR) is 65.1 cm³/mol. The molecule has 0 atom stereocenters. The number of amides is 1. The summed E-state index contributed by atoms with van der Waals surface area (Å²) in [6, 6.07) is 6.28. The van der Waals surface area contributed by atoms with Gasteiger partial charge in [-0.05, 0) is 36.5 Å². The van der Waals surface area contributed by atoms with Gasteiger partial charge in [0.05, 0.1) is 6.42 Å². The van der Waals surface area contributed by atoms with E-state index in [-0.39, 0.29) is 11.7 Å². The highest BCUT2D eigenvalue weighted by atomic mass is 19.1. The van der Waals surface area contributed by atoms with Crippen LogP contribution in [0.2, 0.25) is 0 Å². The van der Waals surface area contributed by atoms with Crippen molar-refractivity contribution in [2.75, 3.05) is 13.1 Å². The van der Waals surface area contributed by atoms with Crippen LogP contribution in [-0.4, -0.2) is 23.9 Å². The molecule has 0 unspecified atom stereocenters. The zero-order valence-corrected chi connectivity index (χ0v) is 10.2. The molecular weight excluding hydrogens is 217 g/mol. The number of piperidine rings is 1. The summed E-state index contributed by atoms with van der Waals surface area (Å²) in [5, 5.41) is 0. The van der Waals surface area contributed by atoms with Gasteiger partial charge in [-0.2, -0.15) is 0 Å². The molecule has 1 heterocycles. The van der Waals surface area contributed by atoms with Crippen LogP contribution in [0.1, 0.15) is 25.3 Å². The summed E-state index contributed by atoms with van der Waals surface area (Å²) < 4.78 is 13.0. The summed E-state index contributed by atoms with van der Waals surface area (Å²) in [6.45, 7) is 3.90. The number of hydrogen-bond donors (Lipinski definition) is 0. The molecule has 1 amide bonds. The molecule has 0 N–H and O–H groups in total. The van der Waals surface area contributed by atoms with Gasteiger partial charge in [0.1, 0.15) is 5.82 Å². The highest BCUT2D eigenvalue weighted by Crippen LogP contribution is 2.17. The zero-order chi connectivity index (χ0) is 12.3. The smallest absolute Gasteiger partial charge is 0.226 e.